The van der Waals surface area contributed by atoms with Crippen LogP contribution < -0.4 is 10.9 Å². The van der Waals surface area contributed by atoms with Gasteiger partial charge in [0.1, 0.15) is 11.6 Å². The highest BCUT2D eigenvalue weighted by Crippen LogP contribution is 2.09. The van der Waals surface area contributed by atoms with E-state index < -0.39 is 29.1 Å². The van der Waals surface area contributed by atoms with Gasteiger partial charge in [0, 0.05) is 6.07 Å². The summed E-state index contributed by atoms with van der Waals surface area (Å²) < 4.78 is 38.7. The molecule has 2 aromatic rings. The summed E-state index contributed by atoms with van der Waals surface area (Å²) in [6, 6.07) is 5.84. The van der Waals surface area contributed by atoms with Crippen molar-refractivity contribution in [3.63, 3.8) is 0 Å². The molecule has 0 unspecified atom stereocenters. The molecular weight excluding hydrogens is 259 g/mol. The lowest BCUT2D eigenvalue weighted by Gasteiger charge is -2.08. The Bertz CT molecular complexity index is 619. The minimum absolute atomic E-state index is 0.274. The number of aromatic nitrogens is 1. The normalized spacial score (nSPS) is 10.1. The minimum atomic E-state index is -1.08. The molecule has 98 valence electrons. The van der Waals surface area contributed by atoms with Crippen molar-refractivity contribution in [1.82, 2.24) is 10.4 Å². The van der Waals surface area contributed by atoms with E-state index in [4.69, 9.17) is 0 Å². The van der Waals surface area contributed by atoms with Gasteiger partial charge in [-0.1, -0.05) is 6.07 Å². The summed E-state index contributed by atoms with van der Waals surface area (Å²) in [5, 5.41) is 0. The zero-order chi connectivity index (χ0) is 13.8. The van der Waals surface area contributed by atoms with E-state index in [9.17, 15) is 18.0 Å². The number of halogens is 3. The fourth-order valence-electron chi connectivity index (χ4n) is 1.34. The molecule has 0 radical (unpaired) electrons. The molecule has 0 fully saturated rings. The maximum Gasteiger partial charge on any atom is 0.291 e. The first-order chi connectivity index (χ1) is 9.06. The summed E-state index contributed by atoms with van der Waals surface area (Å²) in [5.41, 5.74) is 4.22. The smallest absolute Gasteiger partial charge is 0.291 e. The average molecular weight is 267 g/mol. The number of nitrogens with one attached hydrogen (secondary N) is 2. The third-order valence-electron chi connectivity index (χ3n) is 2.17. The number of hydrogen-bond acceptors (Lipinski definition) is 3. The molecule has 0 aliphatic heterocycles. The Morgan fingerprint density at radius 2 is 1.89 bits per heavy atom. The van der Waals surface area contributed by atoms with Crippen LogP contribution in [0.1, 0.15) is 10.5 Å². The van der Waals surface area contributed by atoms with Crippen molar-refractivity contribution >= 4 is 11.6 Å². The lowest BCUT2D eigenvalue weighted by atomic mass is 10.3. The predicted octanol–water partition coefficient (Wildman–Crippen LogP) is 2.26. The highest BCUT2D eigenvalue weighted by atomic mass is 19.1. The summed E-state index contributed by atoms with van der Waals surface area (Å²) in [6.07, 6.45) is 0.722. The van der Waals surface area contributed by atoms with E-state index in [1.165, 1.54) is 18.2 Å². The summed E-state index contributed by atoms with van der Waals surface area (Å²) in [6.45, 7) is 0. The van der Waals surface area contributed by atoms with E-state index in [-0.39, 0.29) is 5.69 Å². The molecule has 1 aromatic heterocycles. The van der Waals surface area contributed by atoms with Gasteiger partial charge in [-0.2, -0.15) is 0 Å². The van der Waals surface area contributed by atoms with Gasteiger partial charge in [-0.05, 0) is 18.2 Å². The molecule has 0 saturated heterocycles. The molecule has 0 atom stereocenters. The first-order valence-corrected chi connectivity index (χ1v) is 5.19. The average Bonchev–Trinajstić information content (AvgIpc) is 2.36. The maximum atomic E-state index is 13.2. The molecule has 19 heavy (non-hydrogen) atoms. The van der Waals surface area contributed by atoms with Crippen molar-refractivity contribution in [2.24, 2.45) is 0 Å². The molecule has 4 nitrogen and oxygen atoms in total. The van der Waals surface area contributed by atoms with Crippen molar-refractivity contribution in [3.05, 3.63) is 59.7 Å². The van der Waals surface area contributed by atoms with Crippen molar-refractivity contribution in [2.75, 3.05) is 5.43 Å². The molecule has 1 aromatic carbocycles. The lowest BCUT2D eigenvalue weighted by molar-refractivity contribution is 0.0953. The molecular formula is C12H8F3N3O. The van der Waals surface area contributed by atoms with Crippen LogP contribution in [0.5, 0.6) is 0 Å². The minimum Gasteiger partial charge on any atom is -0.298 e. The van der Waals surface area contributed by atoms with Crippen molar-refractivity contribution in [2.45, 2.75) is 0 Å². The number of hydrogen-bond donors (Lipinski definition) is 2. The molecule has 2 N–H and O–H groups in total. The Morgan fingerprint density at radius 1 is 1.11 bits per heavy atom. The van der Waals surface area contributed by atoms with Crippen LogP contribution in [0.2, 0.25) is 0 Å². The lowest BCUT2D eigenvalue weighted by Crippen LogP contribution is -2.30. The molecule has 1 heterocycles. The van der Waals surface area contributed by atoms with Crippen LogP contribution in [-0.2, 0) is 0 Å². The zero-order valence-corrected chi connectivity index (χ0v) is 9.45. The van der Waals surface area contributed by atoms with Crippen molar-refractivity contribution in [1.29, 1.82) is 0 Å². The van der Waals surface area contributed by atoms with E-state index in [2.05, 4.69) is 15.8 Å². The fraction of sp³-hybridized carbons (Fsp3) is 0. The highest BCUT2D eigenvalue weighted by molar-refractivity contribution is 5.93. The van der Waals surface area contributed by atoms with E-state index in [1.807, 2.05) is 0 Å². The molecule has 7 heteroatoms. The molecule has 2 rings (SSSR count). The number of hydrazine groups is 1. The van der Waals surface area contributed by atoms with Crippen LogP contribution in [0.25, 0.3) is 0 Å². The monoisotopic (exact) mass is 267 g/mol. The molecule has 0 aliphatic carbocycles. The van der Waals surface area contributed by atoms with Crippen LogP contribution >= 0.6 is 0 Å². The topological polar surface area (TPSA) is 54.0 Å². The van der Waals surface area contributed by atoms with E-state index in [0.717, 1.165) is 12.3 Å². The number of anilines is 1. The Balaban J connectivity index is 2.05. The van der Waals surface area contributed by atoms with E-state index in [0.29, 0.717) is 6.07 Å². The summed E-state index contributed by atoms with van der Waals surface area (Å²) in [7, 11) is 0. The molecule has 0 spiro atoms. The van der Waals surface area contributed by atoms with Gasteiger partial charge in [-0.25, -0.2) is 18.2 Å². The molecule has 1 amide bonds. The van der Waals surface area contributed by atoms with Crippen LogP contribution in [0.15, 0.2) is 36.5 Å². The number of benzene rings is 1. The first kappa shape index (κ1) is 12.9. The zero-order valence-electron chi connectivity index (χ0n) is 9.45. The number of amides is 1. The first-order valence-electron chi connectivity index (χ1n) is 5.19. The largest absolute Gasteiger partial charge is 0.298 e. The van der Waals surface area contributed by atoms with Gasteiger partial charge < -0.3 is 0 Å². The van der Waals surface area contributed by atoms with Gasteiger partial charge in [0.25, 0.3) is 5.91 Å². The van der Waals surface area contributed by atoms with Gasteiger partial charge in [-0.3, -0.25) is 15.6 Å². The van der Waals surface area contributed by atoms with Crippen LogP contribution in [0.3, 0.4) is 0 Å². The third kappa shape index (κ3) is 3.21. The van der Waals surface area contributed by atoms with Gasteiger partial charge in [-0.15, -0.1) is 0 Å². The van der Waals surface area contributed by atoms with Crippen molar-refractivity contribution in [3.8, 4) is 0 Å². The van der Waals surface area contributed by atoms with Crippen LogP contribution in [0, 0.1) is 17.5 Å². The fourth-order valence-corrected chi connectivity index (χ4v) is 1.34. The number of nitrogens with zero attached hydrogens (tertiary/aromatic N) is 1. The van der Waals surface area contributed by atoms with E-state index in [1.54, 1.807) is 0 Å². The Morgan fingerprint density at radius 3 is 2.58 bits per heavy atom. The summed E-state index contributed by atoms with van der Waals surface area (Å²) in [5.74, 6) is -3.36. The highest BCUT2D eigenvalue weighted by Gasteiger charge is 2.13. The predicted molar refractivity (Wildman–Crippen MR) is 61.6 cm³/mol. The van der Waals surface area contributed by atoms with Crippen LogP contribution in [0.4, 0.5) is 18.9 Å². The second-order valence-electron chi connectivity index (χ2n) is 3.57. The number of pyridine rings is 1. The van der Waals surface area contributed by atoms with Crippen LogP contribution in [-0.4, -0.2) is 10.9 Å². The molecule has 0 saturated carbocycles. The second kappa shape index (κ2) is 5.38. The van der Waals surface area contributed by atoms with Gasteiger partial charge in [0.15, 0.2) is 11.5 Å². The second-order valence-corrected chi connectivity index (χ2v) is 3.57. The number of rotatable bonds is 3. The number of carbonyl (C=O) groups is 1. The molecule has 0 aliphatic rings. The standard InChI is InChI=1S/C12H8F3N3O/c13-7-2-1-3-9(4-7)17-18-12(19)11-10(15)5-8(14)6-16-11/h1-6,17H,(H,18,19). The SMILES string of the molecule is O=C(NNc1cccc(F)c1)c1ncc(F)cc1F. The van der Waals surface area contributed by atoms with Gasteiger partial charge >= 0.3 is 0 Å². The quantitative estimate of drug-likeness (QED) is 0.839. The summed E-state index contributed by atoms with van der Waals surface area (Å²) in [4.78, 5) is 14.9. The van der Waals surface area contributed by atoms with Gasteiger partial charge in [0.2, 0.25) is 0 Å². The maximum absolute atomic E-state index is 13.2. The third-order valence-corrected chi connectivity index (χ3v) is 2.17. The summed E-state index contributed by atoms with van der Waals surface area (Å²) >= 11 is 0. The van der Waals surface area contributed by atoms with Crippen molar-refractivity contribution < 1.29 is 18.0 Å². The number of carbonyl (C=O) groups excluding carboxylic acids is 1. The molecule has 0 bridgehead atoms. The Hall–Kier alpha value is -2.57. The Kier molecular flexibility index (Phi) is 3.65. The Labute approximate surface area is 106 Å². The van der Waals surface area contributed by atoms with E-state index >= 15 is 0 Å². The van der Waals surface area contributed by atoms with Gasteiger partial charge in [0.05, 0.1) is 11.9 Å².